The molecule has 0 saturated heterocycles. The van der Waals surface area contributed by atoms with Crippen LogP contribution in [0.5, 0.6) is 5.75 Å². The van der Waals surface area contributed by atoms with E-state index in [-0.39, 0.29) is 0 Å². The molecule has 1 rings (SSSR count). The zero-order valence-corrected chi connectivity index (χ0v) is 11.1. The number of alkyl halides is 3. The molecule has 0 aliphatic rings. The number of benzene rings is 1. The zero-order valence-electron chi connectivity index (χ0n) is 9.40. The Balaban J connectivity index is 2.97. The second-order valence-electron chi connectivity index (χ2n) is 3.05. The highest BCUT2D eigenvalue weighted by Crippen LogP contribution is 2.30. The van der Waals surface area contributed by atoms with Crippen molar-refractivity contribution < 1.29 is 44.5 Å². The maximum Gasteiger partial charge on any atom is 0.697 e. The largest absolute Gasteiger partial charge is 0.697 e. The molecule has 7 nitrogen and oxygen atoms in total. The Morgan fingerprint density at radius 2 is 1.85 bits per heavy atom. The molecule has 0 aromatic heterocycles. The van der Waals surface area contributed by atoms with Gasteiger partial charge in [0.15, 0.2) is 5.75 Å². The van der Waals surface area contributed by atoms with Crippen LogP contribution in [0.15, 0.2) is 29.2 Å². The Labute approximate surface area is 112 Å². The monoisotopic (exact) mass is 335 g/mol. The van der Waals surface area contributed by atoms with Crippen LogP contribution in [0.1, 0.15) is 0 Å². The molecule has 0 heterocycles. The van der Waals surface area contributed by atoms with Gasteiger partial charge in [-0.3, -0.25) is 0 Å². The summed E-state index contributed by atoms with van der Waals surface area (Å²) >= 11 is 0. The summed E-state index contributed by atoms with van der Waals surface area (Å²) in [5.41, 5.74) is 0. The fraction of sp³-hybridized carbons (Fsp3) is 0.250. The molecule has 112 valence electrons. The first-order valence-electron chi connectivity index (χ1n) is 4.65. The maximum absolute atomic E-state index is 12.1. The molecule has 0 fully saturated rings. The van der Waals surface area contributed by atoms with Gasteiger partial charge in [-0.05, 0) is 12.1 Å². The van der Waals surface area contributed by atoms with Crippen LogP contribution in [-0.2, 0) is 23.4 Å². The number of halogens is 3. The van der Waals surface area contributed by atoms with E-state index in [4.69, 9.17) is 4.89 Å². The van der Waals surface area contributed by atoms with Crippen molar-refractivity contribution >= 4 is 18.4 Å². The van der Waals surface area contributed by atoms with Crippen molar-refractivity contribution in [3.05, 3.63) is 24.3 Å². The van der Waals surface area contributed by atoms with Crippen molar-refractivity contribution in [3.8, 4) is 5.75 Å². The average molecular weight is 335 g/mol. The molecule has 0 radical (unpaired) electrons. The van der Waals surface area contributed by atoms with Gasteiger partial charge in [0.05, 0.1) is 0 Å². The molecule has 1 aromatic rings. The summed E-state index contributed by atoms with van der Waals surface area (Å²) in [6.07, 6.45) is -5.09. The summed E-state index contributed by atoms with van der Waals surface area (Å²) in [4.78, 5) is 7.37. The highest BCUT2D eigenvalue weighted by molar-refractivity contribution is 7.86. The van der Waals surface area contributed by atoms with Gasteiger partial charge in [0, 0.05) is 4.57 Å². The topological polar surface area (TPSA) is 99.1 Å². The van der Waals surface area contributed by atoms with Crippen molar-refractivity contribution in [1.29, 1.82) is 0 Å². The van der Waals surface area contributed by atoms with Crippen molar-refractivity contribution in [2.45, 2.75) is 11.3 Å². The van der Waals surface area contributed by atoms with Crippen molar-refractivity contribution in [1.82, 2.24) is 0 Å². The Bertz CT molecular complexity index is 586. The van der Waals surface area contributed by atoms with E-state index in [1.807, 2.05) is 0 Å². The molecule has 1 N–H and O–H groups in total. The fourth-order valence-electron chi connectivity index (χ4n) is 1.06. The molecule has 0 bridgehead atoms. The smallest absolute Gasteiger partial charge is 0.404 e. The molecule has 12 heteroatoms. The number of ether oxygens (including phenoxy) is 1. The van der Waals surface area contributed by atoms with Crippen LogP contribution < -0.4 is 4.74 Å². The number of hydrogen-bond donors (Lipinski definition) is 1. The van der Waals surface area contributed by atoms with Gasteiger partial charge in [0.25, 0.3) is 0 Å². The SMILES string of the molecule is O=[P+](O)OCOS(=O)(=O)c1ccccc1OC(F)(F)F. The van der Waals surface area contributed by atoms with E-state index in [9.17, 15) is 26.2 Å². The lowest BCUT2D eigenvalue weighted by Crippen LogP contribution is -2.19. The molecule has 0 spiro atoms. The van der Waals surface area contributed by atoms with Crippen LogP contribution in [0.25, 0.3) is 0 Å². The maximum atomic E-state index is 12.1. The van der Waals surface area contributed by atoms with Gasteiger partial charge in [0.2, 0.25) is 6.79 Å². The summed E-state index contributed by atoms with van der Waals surface area (Å²) < 4.78 is 81.3. The van der Waals surface area contributed by atoms with Crippen molar-refractivity contribution in [2.75, 3.05) is 6.79 Å². The molecule has 0 amide bonds. The summed E-state index contributed by atoms with van der Waals surface area (Å²) in [6.45, 7) is -1.13. The fourth-order valence-corrected chi connectivity index (χ4v) is 2.18. The minimum atomic E-state index is -5.09. The van der Waals surface area contributed by atoms with Crippen LogP contribution in [0.4, 0.5) is 13.2 Å². The Morgan fingerprint density at radius 1 is 1.25 bits per heavy atom. The quantitative estimate of drug-likeness (QED) is 0.481. The minimum Gasteiger partial charge on any atom is -0.404 e. The van der Waals surface area contributed by atoms with Gasteiger partial charge >= 0.3 is 24.7 Å². The van der Waals surface area contributed by atoms with E-state index >= 15 is 0 Å². The first kappa shape index (κ1) is 16.8. The number of hydrogen-bond acceptors (Lipinski definition) is 6. The highest BCUT2D eigenvalue weighted by atomic mass is 32.2. The standard InChI is InChI=1S/C8H6F3O7PS/c9-8(10,11)18-6-3-1-2-4-7(6)20(14,15)17-5-16-19(12)13/h1-4H,5H2/p+1. The lowest BCUT2D eigenvalue weighted by atomic mass is 10.3. The first-order valence-corrected chi connectivity index (χ1v) is 7.19. The molecular formula is C8H7F3O7PS+. The molecule has 1 atom stereocenters. The van der Waals surface area contributed by atoms with Crippen molar-refractivity contribution in [2.24, 2.45) is 0 Å². The van der Waals surface area contributed by atoms with Crippen LogP contribution in [0.3, 0.4) is 0 Å². The van der Waals surface area contributed by atoms with E-state index in [2.05, 4.69) is 13.4 Å². The molecule has 0 aliphatic heterocycles. The van der Waals surface area contributed by atoms with E-state index in [0.29, 0.717) is 0 Å². The normalized spacial score (nSPS) is 13.1. The summed E-state index contributed by atoms with van der Waals surface area (Å²) in [6, 6.07) is 3.86. The third kappa shape index (κ3) is 5.39. The van der Waals surface area contributed by atoms with E-state index in [1.165, 1.54) is 0 Å². The molecule has 0 aliphatic carbocycles. The minimum absolute atomic E-state index is 0.775. The Kier molecular flexibility index (Phi) is 5.42. The van der Waals surface area contributed by atoms with Crippen LogP contribution in [-0.4, -0.2) is 26.5 Å². The Hall–Kier alpha value is -1.26. The average Bonchev–Trinajstić information content (AvgIpc) is 2.26. The van der Waals surface area contributed by atoms with E-state index in [0.717, 1.165) is 24.3 Å². The van der Waals surface area contributed by atoms with Gasteiger partial charge in [0.1, 0.15) is 4.90 Å². The lowest BCUT2D eigenvalue weighted by molar-refractivity contribution is -0.275. The molecule has 0 saturated carbocycles. The van der Waals surface area contributed by atoms with E-state index in [1.54, 1.807) is 0 Å². The van der Waals surface area contributed by atoms with Gasteiger partial charge in [-0.2, -0.15) is 8.42 Å². The van der Waals surface area contributed by atoms with Crippen LogP contribution >= 0.6 is 8.25 Å². The predicted octanol–water partition coefficient (Wildman–Crippen LogP) is 1.91. The summed E-state index contributed by atoms with van der Waals surface area (Å²) in [7, 11) is -7.75. The second-order valence-corrected chi connectivity index (χ2v) is 5.37. The second kappa shape index (κ2) is 6.46. The number of rotatable bonds is 6. The molecule has 1 aromatic carbocycles. The molecule has 1 unspecified atom stereocenters. The van der Waals surface area contributed by atoms with Gasteiger partial charge < -0.3 is 4.74 Å². The Morgan fingerprint density at radius 3 is 2.40 bits per heavy atom. The third-order valence-electron chi connectivity index (χ3n) is 1.71. The molecule has 20 heavy (non-hydrogen) atoms. The van der Waals surface area contributed by atoms with Gasteiger partial charge in [-0.15, -0.1) is 18.1 Å². The van der Waals surface area contributed by atoms with Crippen LogP contribution in [0.2, 0.25) is 0 Å². The van der Waals surface area contributed by atoms with Crippen molar-refractivity contribution in [3.63, 3.8) is 0 Å². The third-order valence-corrected chi connectivity index (χ3v) is 3.32. The van der Waals surface area contributed by atoms with E-state index < -0.39 is 42.2 Å². The summed E-state index contributed by atoms with van der Waals surface area (Å²) in [5, 5.41) is 0. The molecular weight excluding hydrogens is 328 g/mol. The van der Waals surface area contributed by atoms with Crippen LogP contribution in [0, 0.1) is 0 Å². The zero-order chi connectivity index (χ0) is 15.4. The predicted molar refractivity (Wildman–Crippen MR) is 57.2 cm³/mol. The highest BCUT2D eigenvalue weighted by Gasteiger charge is 2.34. The first-order chi connectivity index (χ1) is 9.12. The summed E-state index contributed by atoms with van der Waals surface area (Å²) in [5.74, 6) is -0.992. The number of para-hydroxylation sites is 1. The van der Waals surface area contributed by atoms with Gasteiger partial charge in [-0.25, -0.2) is 4.18 Å². The lowest BCUT2D eigenvalue weighted by Gasteiger charge is -2.12. The van der Waals surface area contributed by atoms with Gasteiger partial charge in [-0.1, -0.05) is 16.7 Å².